The highest BCUT2D eigenvalue weighted by atomic mass is 35.5. The number of hydrogen-bond acceptors (Lipinski definition) is 2. The molecule has 0 bridgehead atoms. The maximum Gasteiger partial charge on any atom is 0.244 e. The van der Waals surface area contributed by atoms with Crippen molar-refractivity contribution in [2.75, 3.05) is 6.54 Å². The van der Waals surface area contributed by atoms with Crippen molar-refractivity contribution in [2.24, 2.45) is 5.92 Å². The van der Waals surface area contributed by atoms with Crippen LogP contribution < -0.4 is 5.32 Å². The number of halogens is 1. The van der Waals surface area contributed by atoms with Crippen LogP contribution in [0.15, 0.2) is 36.4 Å². The molecule has 1 N–H and O–H groups in total. The molecule has 3 rings (SSSR count). The quantitative estimate of drug-likeness (QED) is 0.860. The Morgan fingerprint density at radius 1 is 1.41 bits per heavy atom. The van der Waals surface area contributed by atoms with Crippen LogP contribution in [0.3, 0.4) is 0 Å². The molecule has 1 aromatic carbocycles. The average Bonchev–Trinajstić information content (AvgIpc) is 3.31. The monoisotopic (exact) mass is 315 g/mol. The van der Waals surface area contributed by atoms with Crippen molar-refractivity contribution >= 4 is 23.6 Å². The number of nitrogens with one attached hydrogen (secondary N) is 1. The third-order valence-corrected chi connectivity index (χ3v) is 4.08. The van der Waals surface area contributed by atoms with Gasteiger partial charge in [0, 0.05) is 18.2 Å². The Labute approximate surface area is 134 Å². The minimum atomic E-state index is -0.0881. The van der Waals surface area contributed by atoms with Crippen LogP contribution in [0, 0.1) is 12.8 Å². The first kappa shape index (κ1) is 14.9. The summed E-state index contributed by atoms with van der Waals surface area (Å²) < 4.78 is 1.68. The van der Waals surface area contributed by atoms with Crippen molar-refractivity contribution in [3.63, 3.8) is 0 Å². The van der Waals surface area contributed by atoms with Gasteiger partial charge in [-0.2, -0.15) is 5.10 Å². The Hall–Kier alpha value is -2.07. The lowest BCUT2D eigenvalue weighted by molar-refractivity contribution is -0.116. The molecule has 0 saturated heterocycles. The van der Waals surface area contributed by atoms with E-state index in [0.717, 1.165) is 23.5 Å². The number of aryl methyl sites for hydroxylation is 1. The molecule has 1 aliphatic carbocycles. The number of nitrogens with zero attached hydrogens (tertiary/aromatic N) is 2. The van der Waals surface area contributed by atoms with E-state index < -0.39 is 0 Å². The predicted octanol–water partition coefficient (Wildman–Crippen LogP) is 3.37. The molecule has 0 aliphatic heterocycles. The van der Waals surface area contributed by atoms with E-state index in [2.05, 4.69) is 10.4 Å². The van der Waals surface area contributed by atoms with Gasteiger partial charge in [-0.25, -0.2) is 4.68 Å². The van der Waals surface area contributed by atoms with E-state index in [9.17, 15) is 4.79 Å². The largest absolute Gasteiger partial charge is 0.352 e. The van der Waals surface area contributed by atoms with E-state index in [1.807, 2.05) is 37.3 Å². The molecule has 1 aromatic heterocycles. The predicted molar refractivity (Wildman–Crippen MR) is 88.1 cm³/mol. The molecule has 1 aliphatic rings. The second-order valence-corrected chi connectivity index (χ2v) is 5.92. The zero-order valence-corrected chi connectivity index (χ0v) is 13.2. The van der Waals surface area contributed by atoms with Gasteiger partial charge >= 0.3 is 0 Å². The van der Waals surface area contributed by atoms with Crippen LogP contribution in [0.1, 0.15) is 24.1 Å². The van der Waals surface area contributed by atoms with Crippen LogP contribution in [0.2, 0.25) is 5.15 Å². The highest BCUT2D eigenvalue weighted by molar-refractivity contribution is 6.31. The summed E-state index contributed by atoms with van der Waals surface area (Å²) in [6.45, 7) is 2.65. The number of amides is 1. The summed E-state index contributed by atoms with van der Waals surface area (Å²) in [6, 6.07) is 9.69. The Bertz CT molecular complexity index is 702. The van der Waals surface area contributed by atoms with Gasteiger partial charge in [-0.1, -0.05) is 29.8 Å². The topological polar surface area (TPSA) is 46.9 Å². The van der Waals surface area contributed by atoms with Gasteiger partial charge in [-0.05, 0) is 43.9 Å². The third kappa shape index (κ3) is 3.39. The lowest BCUT2D eigenvalue weighted by Gasteiger charge is -2.02. The van der Waals surface area contributed by atoms with E-state index in [1.165, 1.54) is 18.9 Å². The molecule has 114 valence electrons. The Morgan fingerprint density at radius 3 is 2.82 bits per heavy atom. The standard InChI is InChI=1S/C17H18ClN3O/c1-12-15(9-10-16(22)19-11-13-7-8-13)17(18)21(20-12)14-5-3-2-4-6-14/h2-6,9-10,13H,7-8,11H2,1H3,(H,19,22). The van der Waals surface area contributed by atoms with Crippen LogP contribution in [-0.4, -0.2) is 22.2 Å². The Balaban J connectivity index is 1.76. The van der Waals surface area contributed by atoms with Crippen LogP contribution in [-0.2, 0) is 4.79 Å². The highest BCUT2D eigenvalue weighted by Crippen LogP contribution is 2.27. The smallest absolute Gasteiger partial charge is 0.244 e. The fourth-order valence-corrected chi connectivity index (χ4v) is 2.56. The number of para-hydroxylation sites is 1. The first-order valence-corrected chi connectivity index (χ1v) is 7.79. The zero-order valence-electron chi connectivity index (χ0n) is 12.4. The van der Waals surface area contributed by atoms with Crippen molar-refractivity contribution < 1.29 is 4.79 Å². The van der Waals surface area contributed by atoms with E-state index in [4.69, 9.17) is 11.6 Å². The van der Waals surface area contributed by atoms with Gasteiger partial charge in [-0.15, -0.1) is 0 Å². The van der Waals surface area contributed by atoms with Gasteiger partial charge in [0.2, 0.25) is 5.91 Å². The molecular formula is C17H18ClN3O. The van der Waals surface area contributed by atoms with Gasteiger partial charge in [0.05, 0.1) is 11.4 Å². The molecule has 2 aromatic rings. The molecule has 0 atom stereocenters. The lowest BCUT2D eigenvalue weighted by atomic mass is 10.2. The van der Waals surface area contributed by atoms with E-state index in [1.54, 1.807) is 10.8 Å². The summed E-state index contributed by atoms with van der Waals surface area (Å²) in [6.07, 6.45) is 5.69. The molecule has 0 spiro atoms. The van der Waals surface area contributed by atoms with Crippen LogP contribution in [0.4, 0.5) is 0 Å². The highest BCUT2D eigenvalue weighted by Gasteiger charge is 2.21. The molecule has 4 nitrogen and oxygen atoms in total. The van der Waals surface area contributed by atoms with Crippen LogP contribution in [0.5, 0.6) is 0 Å². The van der Waals surface area contributed by atoms with Crippen molar-refractivity contribution in [2.45, 2.75) is 19.8 Å². The summed E-state index contributed by atoms with van der Waals surface area (Å²) >= 11 is 6.40. The van der Waals surface area contributed by atoms with Crippen molar-refractivity contribution in [3.8, 4) is 5.69 Å². The average molecular weight is 316 g/mol. The Morgan fingerprint density at radius 2 is 2.14 bits per heavy atom. The molecule has 0 radical (unpaired) electrons. The second-order valence-electron chi connectivity index (χ2n) is 5.56. The number of rotatable bonds is 5. The summed E-state index contributed by atoms with van der Waals surface area (Å²) in [5.41, 5.74) is 2.46. The zero-order chi connectivity index (χ0) is 15.5. The Kier molecular flexibility index (Phi) is 4.29. The second kappa shape index (κ2) is 6.36. The number of carbonyl (C=O) groups is 1. The number of hydrogen-bond donors (Lipinski definition) is 1. The summed E-state index contributed by atoms with van der Waals surface area (Å²) in [5, 5.41) is 7.85. The van der Waals surface area contributed by atoms with E-state index in [0.29, 0.717) is 11.1 Å². The van der Waals surface area contributed by atoms with Crippen LogP contribution >= 0.6 is 11.6 Å². The first-order chi connectivity index (χ1) is 10.6. The normalized spacial score (nSPS) is 14.5. The van der Waals surface area contributed by atoms with Gasteiger partial charge in [0.15, 0.2) is 0 Å². The minimum Gasteiger partial charge on any atom is -0.352 e. The molecule has 22 heavy (non-hydrogen) atoms. The molecule has 0 unspecified atom stereocenters. The van der Waals surface area contributed by atoms with Gasteiger partial charge < -0.3 is 5.32 Å². The van der Waals surface area contributed by atoms with Crippen molar-refractivity contribution in [3.05, 3.63) is 52.8 Å². The fraction of sp³-hybridized carbons (Fsp3) is 0.294. The molecule has 1 saturated carbocycles. The van der Waals surface area contributed by atoms with Crippen LogP contribution in [0.25, 0.3) is 11.8 Å². The number of benzene rings is 1. The maximum atomic E-state index is 11.8. The van der Waals surface area contributed by atoms with Crippen molar-refractivity contribution in [1.29, 1.82) is 0 Å². The molecular weight excluding hydrogens is 298 g/mol. The fourth-order valence-electron chi connectivity index (χ4n) is 2.23. The summed E-state index contributed by atoms with van der Waals surface area (Å²) in [7, 11) is 0. The molecule has 5 heteroatoms. The van der Waals surface area contributed by atoms with Gasteiger partial charge in [-0.3, -0.25) is 4.79 Å². The number of carbonyl (C=O) groups excluding carboxylic acids is 1. The minimum absolute atomic E-state index is 0.0881. The van der Waals surface area contributed by atoms with Gasteiger partial charge in [0.25, 0.3) is 0 Å². The maximum absolute atomic E-state index is 11.8. The van der Waals surface area contributed by atoms with Crippen molar-refractivity contribution in [1.82, 2.24) is 15.1 Å². The number of aromatic nitrogens is 2. The lowest BCUT2D eigenvalue weighted by Crippen LogP contribution is -2.23. The summed E-state index contributed by atoms with van der Waals surface area (Å²) in [4.78, 5) is 11.8. The first-order valence-electron chi connectivity index (χ1n) is 7.41. The van der Waals surface area contributed by atoms with Gasteiger partial charge in [0.1, 0.15) is 5.15 Å². The SMILES string of the molecule is Cc1nn(-c2ccccc2)c(Cl)c1C=CC(=O)NCC1CC1. The van der Waals surface area contributed by atoms with E-state index >= 15 is 0 Å². The summed E-state index contributed by atoms with van der Waals surface area (Å²) in [5.74, 6) is 0.582. The molecule has 1 heterocycles. The third-order valence-electron chi connectivity index (χ3n) is 3.71. The molecule has 1 amide bonds. The van der Waals surface area contributed by atoms with E-state index in [-0.39, 0.29) is 5.91 Å². The molecule has 1 fully saturated rings.